The minimum atomic E-state index is 0.685. The highest BCUT2D eigenvalue weighted by Gasteiger charge is 1.98. The number of anilines is 1. The number of nitrogens with zero attached hydrogens (tertiary/aromatic N) is 1. The van der Waals surface area contributed by atoms with Crippen LogP contribution in [0.3, 0.4) is 0 Å². The van der Waals surface area contributed by atoms with Crippen LogP contribution in [0.1, 0.15) is 25.0 Å². The van der Waals surface area contributed by atoms with Crippen LogP contribution in [-0.2, 0) is 12.3 Å². The molecular weight excluding hydrogens is 252 g/mol. The molecule has 2 nitrogen and oxygen atoms in total. The molecule has 0 aliphatic rings. The fourth-order valence-electron chi connectivity index (χ4n) is 1.69. The Labute approximate surface area is 119 Å². The minimum Gasteiger partial charge on any atom is -0.381 e. The Morgan fingerprint density at radius 3 is 2.32 bits per heavy atom. The third kappa shape index (κ3) is 4.95. The molecule has 1 aromatic heterocycles. The molecule has 0 amide bonds. The van der Waals surface area contributed by atoms with Crippen LogP contribution in [-0.4, -0.2) is 10.2 Å². The van der Waals surface area contributed by atoms with Crippen LogP contribution in [0.15, 0.2) is 48.8 Å². The van der Waals surface area contributed by atoms with Crippen molar-refractivity contribution in [2.24, 2.45) is 0 Å². The zero-order valence-electron chi connectivity index (χ0n) is 11.5. The zero-order valence-corrected chi connectivity index (χ0v) is 12.3. The summed E-state index contributed by atoms with van der Waals surface area (Å²) in [4.78, 5) is 4.02. The maximum Gasteiger partial charge on any atom is 0.0401 e. The van der Waals surface area contributed by atoms with Gasteiger partial charge in [-0.05, 0) is 40.6 Å². The molecule has 0 aliphatic heterocycles. The molecule has 0 radical (unpaired) electrons. The Balaban J connectivity index is 1.85. The van der Waals surface area contributed by atoms with Crippen LogP contribution in [0, 0.1) is 0 Å². The number of nitrogens with one attached hydrogen (secondary N) is 1. The van der Waals surface area contributed by atoms with Gasteiger partial charge in [0.05, 0.1) is 0 Å². The van der Waals surface area contributed by atoms with E-state index in [4.69, 9.17) is 0 Å². The predicted molar refractivity (Wildman–Crippen MR) is 84.4 cm³/mol. The average Bonchev–Trinajstić information content (AvgIpc) is 2.45. The van der Waals surface area contributed by atoms with Crippen molar-refractivity contribution < 1.29 is 0 Å². The molecule has 2 aromatic rings. The second-order valence-electron chi connectivity index (χ2n) is 4.77. The first-order chi connectivity index (χ1) is 9.24. The monoisotopic (exact) mass is 272 g/mol. The summed E-state index contributed by atoms with van der Waals surface area (Å²) in [5, 5.41) is 4.10. The van der Waals surface area contributed by atoms with Gasteiger partial charge in [0.15, 0.2) is 0 Å². The summed E-state index contributed by atoms with van der Waals surface area (Å²) in [5.74, 6) is 1.09. The van der Waals surface area contributed by atoms with E-state index in [2.05, 4.69) is 48.4 Å². The summed E-state index contributed by atoms with van der Waals surface area (Å²) in [6, 6.07) is 12.8. The number of thioether (sulfide) groups is 1. The first-order valence-electron chi connectivity index (χ1n) is 6.57. The Morgan fingerprint density at radius 2 is 1.68 bits per heavy atom. The summed E-state index contributed by atoms with van der Waals surface area (Å²) in [7, 11) is 0. The average molecular weight is 272 g/mol. The first-order valence-corrected chi connectivity index (χ1v) is 7.62. The Kier molecular flexibility index (Phi) is 5.28. The molecule has 0 atom stereocenters. The second kappa shape index (κ2) is 7.19. The van der Waals surface area contributed by atoms with E-state index in [1.807, 2.05) is 36.3 Å². The molecule has 0 bridgehead atoms. The Morgan fingerprint density at radius 1 is 1.00 bits per heavy atom. The van der Waals surface area contributed by atoms with Gasteiger partial charge in [0.25, 0.3) is 0 Å². The summed E-state index contributed by atoms with van der Waals surface area (Å²) in [5.41, 5.74) is 3.79. The normalized spacial score (nSPS) is 10.7. The molecule has 0 unspecified atom stereocenters. The standard InChI is InChI=1S/C16H20N2S/c1-13(2)19-12-15-3-5-16(6-4-15)18-11-14-7-9-17-10-8-14/h3-10,13,18H,11-12H2,1-2H3. The van der Waals surface area contributed by atoms with Gasteiger partial charge in [0, 0.05) is 30.4 Å². The maximum absolute atomic E-state index is 4.02. The highest BCUT2D eigenvalue weighted by Crippen LogP contribution is 2.19. The lowest BCUT2D eigenvalue weighted by Crippen LogP contribution is -1.99. The van der Waals surface area contributed by atoms with Gasteiger partial charge in [0.1, 0.15) is 0 Å². The first kappa shape index (κ1) is 13.9. The van der Waals surface area contributed by atoms with Gasteiger partial charge in [-0.25, -0.2) is 0 Å². The second-order valence-corrected chi connectivity index (χ2v) is 6.33. The number of hydrogen-bond donors (Lipinski definition) is 1. The van der Waals surface area contributed by atoms with E-state index in [9.17, 15) is 0 Å². The van der Waals surface area contributed by atoms with Crippen molar-refractivity contribution in [3.8, 4) is 0 Å². The summed E-state index contributed by atoms with van der Waals surface area (Å²) >= 11 is 1.97. The van der Waals surface area contributed by atoms with Crippen molar-refractivity contribution in [2.75, 3.05) is 5.32 Å². The SMILES string of the molecule is CC(C)SCc1ccc(NCc2ccncc2)cc1. The van der Waals surface area contributed by atoms with Crippen molar-refractivity contribution in [1.82, 2.24) is 4.98 Å². The van der Waals surface area contributed by atoms with Crippen LogP contribution in [0.2, 0.25) is 0 Å². The lowest BCUT2D eigenvalue weighted by atomic mass is 10.2. The number of aromatic nitrogens is 1. The summed E-state index contributed by atoms with van der Waals surface area (Å²) < 4.78 is 0. The summed E-state index contributed by atoms with van der Waals surface area (Å²) in [6.45, 7) is 5.30. The van der Waals surface area contributed by atoms with E-state index in [-0.39, 0.29) is 0 Å². The predicted octanol–water partition coefficient (Wildman–Crippen LogP) is 4.34. The van der Waals surface area contributed by atoms with Crippen LogP contribution >= 0.6 is 11.8 Å². The zero-order chi connectivity index (χ0) is 13.5. The smallest absolute Gasteiger partial charge is 0.0401 e. The third-order valence-electron chi connectivity index (χ3n) is 2.78. The lowest BCUT2D eigenvalue weighted by Gasteiger charge is -2.08. The highest BCUT2D eigenvalue weighted by molar-refractivity contribution is 7.99. The molecule has 1 heterocycles. The van der Waals surface area contributed by atoms with Crippen molar-refractivity contribution in [3.05, 3.63) is 59.9 Å². The van der Waals surface area contributed by atoms with Crippen LogP contribution in [0.5, 0.6) is 0 Å². The van der Waals surface area contributed by atoms with Crippen molar-refractivity contribution in [3.63, 3.8) is 0 Å². The lowest BCUT2D eigenvalue weighted by molar-refractivity contribution is 1.11. The maximum atomic E-state index is 4.02. The molecule has 0 aliphatic carbocycles. The quantitative estimate of drug-likeness (QED) is 0.847. The van der Waals surface area contributed by atoms with E-state index < -0.39 is 0 Å². The van der Waals surface area contributed by atoms with Gasteiger partial charge in [0.2, 0.25) is 0 Å². The fourth-order valence-corrected chi connectivity index (χ4v) is 2.40. The molecule has 100 valence electrons. The molecular formula is C16H20N2S. The van der Waals surface area contributed by atoms with Crippen LogP contribution < -0.4 is 5.32 Å². The molecule has 3 heteroatoms. The van der Waals surface area contributed by atoms with E-state index in [1.54, 1.807) is 0 Å². The number of rotatable bonds is 6. The molecule has 0 spiro atoms. The number of pyridine rings is 1. The minimum absolute atomic E-state index is 0.685. The summed E-state index contributed by atoms with van der Waals surface area (Å²) in [6.07, 6.45) is 3.65. The van der Waals surface area contributed by atoms with E-state index in [0.29, 0.717) is 5.25 Å². The molecule has 1 N–H and O–H groups in total. The number of hydrogen-bond acceptors (Lipinski definition) is 3. The largest absolute Gasteiger partial charge is 0.381 e. The van der Waals surface area contributed by atoms with Gasteiger partial charge in [-0.2, -0.15) is 11.8 Å². The van der Waals surface area contributed by atoms with Crippen LogP contribution in [0.4, 0.5) is 5.69 Å². The van der Waals surface area contributed by atoms with Crippen molar-refractivity contribution >= 4 is 17.4 Å². The molecule has 1 aromatic carbocycles. The van der Waals surface area contributed by atoms with E-state index in [1.165, 1.54) is 11.1 Å². The highest BCUT2D eigenvalue weighted by atomic mass is 32.2. The van der Waals surface area contributed by atoms with Gasteiger partial charge in [-0.3, -0.25) is 4.98 Å². The number of benzene rings is 1. The molecule has 19 heavy (non-hydrogen) atoms. The molecule has 0 saturated heterocycles. The van der Waals surface area contributed by atoms with Crippen molar-refractivity contribution in [2.45, 2.75) is 31.4 Å². The van der Waals surface area contributed by atoms with E-state index in [0.717, 1.165) is 18.0 Å². The van der Waals surface area contributed by atoms with Crippen molar-refractivity contribution in [1.29, 1.82) is 0 Å². The Hall–Kier alpha value is -1.48. The molecule has 0 saturated carbocycles. The van der Waals surface area contributed by atoms with Gasteiger partial charge < -0.3 is 5.32 Å². The third-order valence-corrected chi connectivity index (χ3v) is 3.95. The van der Waals surface area contributed by atoms with Gasteiger partial charge in [-0.15, -0.1) is 0 Å². The van der Waals surface area contributed by atoms with Gasteiger partial charge in [-0.1, -0.05) is 26.0 Å². The molecule has 2 rings (SSSR count). The Bertz CT molecular complexity index is 480. The van der Waals surface area contributed by atoms with Gasteiger partial charge >= 0.3 is 0 Å². The van der Waals surface area contributed by atoms with Crippen LogP contribution in [0.25, 0.3) is 0 Å². The fraction of sp³-hybridized carbons (Fsp3) is 0.312. The molecule has 0 fully saturated rings. The topological polar surface area (TPSA) is 24.9 Å². The van der Waals surface area contributed by atoms with E-state index >= 15 is 0 Å².